The number of carbonyl (C=O) groups is 1. The Hall–Kier alpha value is -2.71. The van der Waals surface area contributed by atoms with Gasteiger partial charge in [0.2, 0.25) is 0 Å². The lowest BCUT2D eigenvalue weighted by molar-refractivity contribution is -0.128. The average molecular weight is 392 g/mol. The molecule has 1 fully saturated rings. The van der Waals surface area contributed by atoms with Gasteiger partial charge in [-0.2, -0.15) is 5.26 Å². The van der Waals surface area contributed by atoms with Crippen LogP contribution in [0.2, 0.25) is 0 Å². The van der Waals surface area contributed by atoms with Gasteiger partial charge in [0.15, 0.2) is 0 Å². The lowest BCUT2D eigenvalue weighted by Gasteiger charge is -2.31. The van der Waals surface area contributed by atoms with E-state index in [0.717, 1.165) is 41.2 Å². The number of nitriles is 1. The molecule has 1 saturated carbocycles. The maximum atomic E-state index is 12.8. The van der Waals surface area contributed by atoms with E-state index in [2.05, 4.69) is 23.5 Å². The van der Waals surface area contributed by atoms with Gasteiger partial charge in [-0.25, -0.2) is 0 Å². The minimum atomic E-state index is -0.213. The summed E-state index contributed by atoms with van der Waals surface area (Å²) in [6.07, 6.45) is 7.10. The van der Waals surface area contributed by atoms with Crippen molar-refractivity contribution in [1.82, 2.24) is 4.90 Å². The molecule has 0 bridgehead atoms. The SMILES string of the molecule is CN(C(=O)/C(C#N)=C\Nc1ccccc1Sc1ccccc1)C1CCCCC1. The van der Waals surface area contributed by atoms with E-state index in [-0.39, 0.29) is 17.5 Å². The summed E-state index contributed by atoms with van der Waals surface area (Å²) in [5.41, 5.74) is 1.00. The first-order chi connectivity index (χ1) is 13.7. The molecule has 0 aliphatic heterocycles. The van der Waals surface area contributed by atoms with Gasteiger partial charge in [0.25, 0.3) is 5.91 Å². The summed E-state index contributed by atoms with van der Waals surface area (Å²) in [6.45, 7) is 0. The Kier molecular flexibility index (Phi) is 7.16. The highest BCUT2D eigenvalue weighted by Crippen LogP contribution is 2.33. The third kappa shape index (κ3) is 5.17. The van der Waals surface area contributed by atoms with E-state index in [1.165, 1.54) is 12.6 Å². The highest BCUT2D eigenvalue weighted by atomic mass is 32.2. The van der Waals surface area contributed by atoms with Crippen LogP contribution in [0.4, 0.5) is 5.69 Å². The second-order valence-electron chi connectivity index (χ2n) is 6.93. The van der Waals surface area contributed by atoms with Crippen LogP contribution in [0.5, 0.6) is 0 Å². The van der Waals surface area contributed by atoms with Gasteiger partial charge in [0.1, 0.15) is 11.6 Å². The number of rotatable bonds is 6. The quantitative estimate of drug-likeness (QED) is 0.526. The molecule has 0 spiro atoms. The molecule has 0 radical (unpaired) electrons. The number of amides is 1. The Morgan fingerprint density at radius 3 is 2.50 bits per heavy atom. The van der Waals surface area contributed by atoms with E-state index in [0.29, 0.717) is 0 Å². The van der Waals surface area contributed by atoms with Crippen molar-refractivity contribution in [1.29, 1.82) is 5.26 Å². The maximum absolute atomic E-state index is 12.8. The van der Waals surface area contributed by atoms with Crippen LogP contribution >= 0.6 is 11.8 Å². The zero-order chi connectivity index (χ0) is 19.8. The highest BCUT2D eigenvalue weighted by molar-refractivity contribution is 7.99. The molecule has 4 nitrogen and oxygen atoms in total. The van der Waals surface area contributed by atoms with Crippen LogP contribution in [0, 0.1) is 11.3 Å². The van der Waals surface area contributed by atoms with E-state index in [1.807, 2.05) is 49.5 Å². The van der Waals surface area contributed by atoms with Gasteiger partial charge in [-0.15, -0.1) is 0 Å². The first-order valence-electron chi connectivity index (χ1n) is 9.65. The number of hydrogen-bond donors (Lipinski definition) is 1. The third-order valence-corrected chi connectivity index (χ3v) is 6.11. The number of benzene rings is 2. The van der Waals surface area contributed by atoms with Crippen molar-refractivity contribution in [2.45, 2.75) is 47.9 Å². The molecule has 1 aliphatic carbocycles. The van der Waals surface area contributed by atoms with Crippen molar-refractivity contribution in [2.75, 3.05) is 12.4 Å². The summed E-state index contributed by atoms with van der Waals surface area (Å²) in [7, 11) is 1.81. The number of hydrogen-bond acceptors (Lipinski definition) is 4. The van der Waals surface area contributed by atoms with Crippen molar-refractivity contribution in [2.24, 2.45) is 0 Å². The summed E-state index contributed by atoms with van der Waals surface area (Å²) < 4.78 is 0. The molecule has 0 saturated heterocycles. The van der Waals surface area contributed by atoms with Gasteiger partial charge in [0.05, 0.1) is 5.69 Å². The predicted octanol–water partition coefficient (Wildman–Crippen LogP) is 5.45. The van der Waals surface area contributed by atoms with Crippen molar-refractivity contribution < 1.29 is 4.79 Å². The van der Waals surface area contributed by atoms with Crippen molar-refractivity contribution in [3.63, 3.8) is 0 Å². The molecule has 1 aliphatic rings. The zero-order valence-corrected chi connectivity index (χ0v) is 16.9. The maximum Gasteiger partial charge on any atom is 0.266 e. The van der Waals surface area contributed by atoms with E-state index in [1.54, 1.807) is 16.7 Å². The Morgan fingerprint density at radius 2 is 1.79 bits per heavy atom. The van der Waals surface area contributed by atoms with Crippen molar-refractivity contribution >= 4 is 23.4 Å². The molecule has 28 heavy (non-hydrogen) atoms. The number of nitrogens with one attached hydrogen (secondary N) is 1. The Bertz CT molecular complexity index is 867. The smallest absolute Gasteiger partial charge is 0.266 e. The van der Waals surface area contributed by atoms with Gasteiger partial charge in [-0.3, -0.25) is 4.79 Å². The van der Waals surface area contributed by atoms with E-state index in [9.17, 15) is 10.1 Å². The molecule has 3 rings (SSSR count). The van der Waals surface area contributed by atoms with Crippen LogP contribution in [0.1, 0.15) is 32.1 Å². The number of carbonyl (C=O) groups excluding carboxylic acids is 1. The number of likely N-dealkylation sites (N-methyl/N-ethyl adjacent to an activating group) is 1. The van der Waals surface area contributed by atoms with Crippen molar-refractivity contribution in [3.05, 3.63) is 66.4 Å². The van der Waals surface area contributed by atoms with E-state index >= 15 is 0 Å². The minimum absolute atomic E-state index is 0.132. The minimum Gasteiger partial charge on any atom is -0.359 e. The third-order valence-electron chi connectivity index (χ3n) is 5.02. The van der Waals surface area contributed by atoms with Crippen LogP contribution in [-0.2, 0) is 4.79 Å². The molecule has 0 unspecified atom stereocenters. The van der Waals surface area contributed by atoms with Gasteiger partial charge in [-0.1, -0.05) is 61.4 Å². The van der Waals surface area contributed by atoms with Gasteiger partial charge in [0, 0.05) is 29.1 Å². The average Bonchev–Trinajstić information content (AvgIpc) is 2.76. The summed E-state index contributed by atoms with van der Waals surface area (Å²) >= 11 is 1.64. The van der Waals surface area contributed by atoms with Gasteiger partial charge in [-0.05, 0) is 37.1 Å². The van der Waals surface area contributed by atoms with Crippen LogP contribution in [0.25, 0.3) is 0 Å². The molecule has 2 aromatic rings. The Morgan fingerprint density at radius 1 is 1.11 bits per heavy atom. The second kappa shape index (κ2) is 10.0. The standard InChI is InChI=1S/C23H25N3OS/c1-26(19-10-4-2-5-11-19)23(27)18(16-24)17-25-21-14-8-9-15-22(21)28-20-12-6-3-7-13-20/h3,6-9,12-15,17,19,25H,2,4-5,10-11H2,1H3/b18-17-. The summed E-state index contributed by atoms with van der Waals surface area (Å²) in [5, 5.41) is 12.7. The Labute approximate surface area is 171 Å². The molecule has 0 atom stereocenters. The second-order valence-corrected chi connectivity index (χ2v) is 8.05. The molecular formula is C23H25N3OS. The predicted molar refractivity (Wildman–Crippen MR) is 114 cm³/mol. The summed E-state index contributed by atoms with van der Waals surface area (Å²) in [6, 6.07) is 20.3. The molecule has 1 N–H and O–H groups in total. The molecular weight excluding hydrogens is 366 g/mol. The topological polar surface area (TPSA) is 56.1 Å². The molecule has 5 heteroatoms. The molecule has 0 aromatic heterocycles. The lowest BCUT2D eigenvalue weighted by Crippen LogP contribution is -2.39. The number of para-hydroxylation sites is 1. The molecule has 144 valence electrons. The number of nitrogens with zero attached hydrogens (tertiary/aromatic N) is 2. The van der Waals surface area contributed by atoms with E-state index < -0.39 is 0 Å². The van der Waals surface area contributed by atoms with Gasteiger partial charge < -0.3 is 10.2 Å². The Balaban J connectivity index is 1.72. The van der Waals surface area contributed by atoms with E-state index in [4.69, 9.17) is 0 Å². The first-order valence-corrected chi connectivity index (χ1v) is 10.5. The zero-order valence-electron chi connectivity index (χ0n) is 16.1. The van der Waals surface area contributed by atoms with Gasteiger partial charge >= 0.3 is 0 Å². The van der Waals surface area contributed by atoms with Crippen LogP contribution in [-0.4, -0.2) is 23.9 Å². The molecule has 0 heterocycles. The van der Waals surface area contributed by atoms with Crippen LogP contribution in [0.15, 0.2) is 76.2 Å². The first kappa shape index (κ1) is 20.0. The van der Waals surface area contributed by atoms with Crippen molar-refractivity contribution in [3.8, 4) is 6.07 Å². The highest BCUT2D eigenvalue weighted by Gasteiger charge is 2.24. The monoisotopic (exact) mass is 391 g/mol. The fraction of sp³-hybridized carbons (Fsp3) is 0.304. The molecule has 2 aromatic carbocycles. The fourth-order valence-corrected chi connectivity index (χ4v) is 4.34. The molecule has 1 amide bonds. The summed E-state index contributed by atoms with van der Waals surface area (Å²) in [4.78, 5) is 16.7. The number of anilines is 1. The normalized spacial score (nSPS) is 14.9. The van der Waals surface area contributed by atoms with Crippen LogP contribution in [0.3, 0.4) is 0 Å². The summed E-state index contributed by atoms with van der Waals surface area (Å²) in [5.74, 6) is -0.213. The lowest BCUT2D eigenvalue weighted by atomic mass is 9.94. The largest absolute Gasteiger partial charge is 0.359 e. The van der Waals surface area contributed by atoms with Crippen LogP contribution < -0.4 is 5.32 Å². The fourth-order valence-electron chi connectivity index (χ4n) is 3.41.